The van der Waals surface area contributed by atoms with E-state index in [0.29, 0.717) is 13.0 Å². The first-order chi connectivity index (χ1) is 6.81. The van der Waals surface area contributed by atoms with Crippen molar-refractivity contribution in [2.24, 2.45) is 5.73 Å². The van der Waals surface area contributed by atoms with E-state index in [1.165, 1.54) is 0 Å². The molecule has 0 saturated heterocycles. The van der Waals surface area contributed by atoms with Gasteiger partial charge in [0.1, 0.15) is 13.2 Å². The fraction of sp³-hybridized carbons (Fsp3) is 0.875. The Bertz CT molecular complexity index is 195. The highest BCUT2D eigenvalue weighted by molar-refractivity contribution is 5.77. The number of carbonyl (C=O) groups is 1. The van der Waals surface area contributed by atoms with Crippen molar-refractivity contribution in [3.05, 3.63) is 0 Å². The number of hydrogen-bond acceptors (Lipinski definition) is 3. The smallest absolute Gasteiger partial charge is 0.362 e. The lowest BCUT2D eigenvalue weighted by Crippen LogP contribution is -2.32. The van der Waals surface area contributed by atoms with E-state index < -0.39 is 25.3 Å². The van der Waals surface area contributed by atoms with Gasteiger partial charge >= 0.3 is 6.18 Å². The van der Waals surface area contributed by atoms with Crippen LogP contribution >= 0.6 is 0 Å². The quantitative estimate of drug-likeness (QED) is 0.692. The van der Waals surface area contributed by atoms with E-state index in [0.717, 1.165) is 0 Å². The van der Waals surface area contributed by atoms with Crippen LogP contribution in [-0.4, -0.2) is 37.9 Å². The van der Waals surface area contributed by atoms with Gasteiger partial charge in [0.15, 0.2) is 0 Å². The van der Waals surface area contributed by atoms with Crippen molar-refractivity contribution in [3.63, 3.8) is 0 Å². The molecular weight excluding hydrogens is 213 g/mol. The third-order valence-electron chi connectivity index (χ3n) is 1.42. The van der Waals surface area contributed by atoms with Crippen LogP contribution in [0.1, 0.15) is 13.3 Å². The number of hydrogen-bond donors (Lipinski definition) is 2. The van der Waals surface area contributed by atoms with E-state index >= 15 is 0 Å². The summed E-state index contributed by atoms with van der Waals surface area (Å²) in [6, 6.07) is -0.0543. The van der Waals surface area contributed by atoms with Crippen molar-refractivity contribution < 1.29 is 22.7 Å². The van der Waals surface area contributed by atoms with Gasteiger partial charge in [-0.3, -0.25) is 4.79 Å². The second-order valence-electron chi connectivity index (χ2n) is 3.22. The molecule has 3 N–H and O–H groups in total. The van der Waals surface area contributed by atoms with Crippen LogP contribution in [0.2, 0.25) is 0 Å². The van der Waals surface area contributed by atoms with Gasteiger partial charge in [-0.1, -0.05) is 0 Å². The number of ether oxygens (including phenoxy) is 1. The molecule has 15 heavy (non-hydrogen) atoms. The molecule has 0 aromatic heterocycles. The van der Waals surface area contributed by atoms with Crippen molar-refractivity contribution in [3.8, 4) is 0 Å². The molecule has 7 heteroatoms. The van der Waals surface area contributed by atoms with Crippen molar-refractivity contribution in [2.45, 2.75) is 25.6 Å². The highest BCUT2D eigenvalue weighted by Gasteiger charge is 2.27. The summed E-state index contributed by atoms with van der Waals surface area (Å²) in [5.74, 6) is -0.570. The van der Waals surface area contributed by atoms with Crippen LogP contribution in [0.3, 0.4) is 0 Å². The van der Waals surface area contributed by atoms with E-state index in [2.05, 4.69) is 10.1 Å². The van der Waals surface area contributed by atoms with Crippen LogP contribution in [0.5, 0.6) is 0 Å². The van der Waals surface area contributed by atoms with E-state index in [4.69, 9.17) is 5.73 Å². The Morgan fingerprint density at radius 1 is 1.53 bits per heavy atom. The summed E-state index contributed by atoms with van der Waals surface area (Å²) in [6.07, 6.45) is -3.82. The first kappa shape index (κ1) is 14.2. The molecule has 0 aliphatic carbocycles. The molecule has 0 heterocycles. The molecule has 90 valence electrons. The molecule has 0 spiro atoms. The number of halogens is 3. The predicted molar refractivity (Wildman–Crippen MR) is 48.2 cm³/mol. The van der Waals surface area contributed by atoms with Crippen LogP contribution in [0.15, 0.2) is 0 Å². The first-order valence-electron chi connectivity index (χ1n) is 4.48. The maximum atomic E-state index is 11.6. The number of nitrogens with two attached hydrogens (primary N) is 1. The van der Waals surface area contributed by atoms with Crippen molar-refractivity contribution in [2.75, 3.05) is 19.8 Å². The van der Waals surface area contributed by atoms with Gasteiger partial charge in [0.05, 0.1) is 0 Å². The molecule has 0 aliphatic heterocycles. The Labute approximate surface area is 86.0 Å². The summed E-state index contributed by atoms with van der Waals surface area (Å²) < 4.78 is 38.9. The minimum atomic E-state index is -4.40. The van der Waals surface area contributed by atoms with Crippen molar-refractivity contribution >= 4 is 5.91 Å². The van der Waals surface area contributed by atoms with Gasteiger partial charge in [-0.25, -0.2) is 0 Å². The van der Waals surface area contributed by atoms with Gasteiger partial charge in [0.25, 0.3) is 0 Å². The topological polar surface area (TPSA) is 64.3 Å². The van der Waals surface area contributed by atoms with Crippen LogP contribution in [-0.2, 0) is 9.53 Å². The summed E-state index contributed by atoms with van der Waals surface area (Å²) in [5.41, 5.74) is 5.40. The minimum Gasteiger partial charge on any atom is -0.362 e. The second kappa shape index (κ2) is 6.62. The normalized spacial score (nSPS) is 13.7. The molecule has 0 fully saturated rings. The monoisotopic (exact) mass is 228 g/mol. The molecule has 1 amide bonds. The zero-order valence-corrected chi connectivity index (χ0v) is 8.43. The first-order valence-corrected chi connectivity index (χ1v) is 4.48. The molecule has 0 aromatic carbocycles. The Balaban J connectivity index is 3.42. The number of amides is 1. The number of alkyl halides is 3. The molecule has 0 radical (unpaired) electrons. The van der Waals surface area contributed by atoms with Crippen LogP contribution in [0, 0.1) is 0 Å². The summed E-state index contributed by atoms with van der Waals surface area (Å²) >= 11 is 0. The third kappa shape index (κ3) is 11.1. The molecule has 1 atom stereocenters. The van der Waals surface area contributed by atoms with Crippen molar-refractivity contribution in [1.82, 2.24) is 5.32 Å². The van der Waals surface area contributed by atoms with E-state index in [9.17, 15) is 18.0 Å². The Hall–Kier alpha value is -0.820. The number of nitrogens with one attached hydrogen (secondary N) is 1. The second-order valence-corrected chi connectivity index (χ2v) is 3.22. The lowest BCUT2D eigenvalue weighted by molar-refractivity contribution is -0.175. The standard InChI is InChI=1S/C8H15F3N2O2/c1-6(12)2-3-13-7(14)4-15-5-8(9,10)11/h6H,2-5,12H2,1H3,(H,13,14). The maximum Gasteiger partial charge on any atom is 0.411 e. The molecule has 4 nitrogen and oxygen atoms in total. The van der Waals surface area contributed by atoms with Crippen LogP contribution in [0.4, 0.5) is 13.2 Å². The van der Waals surface area contributed by atoms with Gasteiger partial charge in [-0.05, 0) is 13.3 Å². The third-order valence-corrected chi connectivity index (χ3v) is 1.42. The average Bonchev–Trinajstić information content (AvgIpc) is 2.00. The molecular formula is C8H15F3N2O2. The summed E-state index contributed by atoms with van der Waals surface area (Å²) in [7, 11) is 0. The Kier molecular flexibility index (Phi) is 6.26. The zero-order valence-electron chi connectivity index (χ0n) is 8.43. The average molecular weight is 228 g/mol. The van der Waals surface area contributed by atoms with Gasteiger partial charge in [0.2, 0.25) is 5.91 Å². The molecule has 0 aliphatic rings. The lowest BCUT2D eigenvalue weighted by Gasteiger charge is -2.09. The van der Waals surface area contributed by atoms with Gasteiger partial charge < -0.3 is 15.8 Å². The van der Waals surface area contributed by atoms with Crippen LogP contribution in [0.25, 0.3) is 0 Å². The van der Waals surface area contributed by atoms with E-state index in [-0.39, 0.29) is 6.04 Å². The summed E-state index contributed by atoms with van der Waals surface area (Å²) in [5, 5.41) is 2.39. The SMILES string of the molecule is CC(N)CCNC(=O)COCC(F)(F)F. The fourth-order valence-corrected chi connectivity index (χ4v) is 0.750. The van der Waals surface area contributed by atoms with Gasteiger partial charge in [0, 0.05) is 12.6 Å². The molecule has 1 unspecified atom stereocenters. The number of rotatable bonds is 6. The number of carbonyl (C=O) groups excluding carboxylic acids is 1. The molecule has 0 saturated carbocycles. The lowest BCUT2D eigenvalue weighted by atomic mass is 10.2. The van der Waals surface area contributed by atoms with E-state index in [1.807, 2.05) is 0 Å². The zero-order chi connectivity index (χ0) is 11.9. The fourth-order valence-electron chi connectivity index (χ4n) is 0.750. The highest BCUT2D eigenvalue weighted by atomic mass is 19.4. The summed E-state index contributed by atoms with van der Waals surface area (Å²) in [6.45, 7) is 0.115. The maximum absolute atomic E-state index is 11.6. The molecule has 0 rings (SSSR count). The Morgan fingerprint density at radius 3 is 2.60 bits per heavy atom. The Morgan fingerprint density at radius 2 is 2.13 bits per heavy atom. The predicted octanol–water partition coefficient (Wildman–Crippen LogP) is 0.419. The largest absolute Gasteiger partial charge is 0.411 e. The van der Waals surface area contributed by atoms with Gasteiger partial charge in [-0.2, -0.15) is 13.2 Å². The van der Waals surface area contributed by atoms with Gasteiger partial charge in [-0.15, -0.1) is 0 Å². The van der Waals surface area contributed by atoms with Crippen molar-refractivity contribution in [1.29, 1.82) is 0 Å². The minimum absolute atomic E-state index is 0.0543. The highest BCUT2D eigenvalue weighted by Crippen LogP contribution is 2.13. The van der Waals surface area contributed by atoms with Crippen LogP contribution < -0.4 is 11.1 Å². The molecule has 0 bridgehead atoms. The summed E-state index contributed by atoms with van der Waals surface area (Å²) in [4.78, 5) is 10.9. The van der Waals surface area contributed by atoms with E-state index in [1.54, 1.807) is 6.92 Å². The molecule has 0 aromatic rings.